The molecule has 1 saturated heterocycles. The fourth-order valence-corrected chi connectivity index (χ4v) is 1.95. The van der Waals surface area contributed by atoms with E-state index in [0.29, 0.717) is 0 Å². The molecule has 1 rings (SSSR count). The van der Waals surface area contributed by atoms with Crippen LogP contribution in [0.1, 0.15) is 26.7 Å². The minimum Gasteiger partial charge on any atom is -0.317 e. The molecule has 2 heteroatoms. The highest BCUT2D eigenvalue weighted by atomic mass is 15.2. The molecule has 0 aromatic heterocycles. The van der Waals surface area contributed by atoms with Crippen LogP contribution in [-0.2, 0) is 0 Å². The Morgan fingerprint density at radius 2 is 2.27 bits per heavy atom. The SMILES string of the molecule is CCN1CC[C@@H](NC)C[C@H]1C. The van der Waals surface area contributed by atoms with E-state index in [4.69, 9.17) is 0 Å². The second kappa shape index (κ2) is 4.07. The zero-order valence-electron chi connectivity index (χ0n) is 7.93. The molecule has 2 atom stereocenters. The van der Waals surface area contributed by atoms with Gasteiger partial charge in [0.2, 0.25) is 0 Å². The molecule has 0 amide bonds. The first-order chi connectivity index (χ1) is 5.27. The summed E-state index contributed by atoms with van der Waals surface area (Å²) < 4.78 is 0. The van der Waals surface area contributed by atoms with Gasteiger partial charge in [-0.15, -0.1) is 0 Å². The van der Waals surface area contributed by atoms with E-state index in [1.807, 2.05) is 0 Å². The van der Waals surface area contributed by atoms with E-state index in [9.17, 15) is 0 Å². The number of nitrogens with one attached hydrogen (secondary N) is 1. The number of hydrogen-bond donors (Lipinski definition) is 1. The zero-order valence-corrected chi connectivity index (χ0v) is 7.93. The van der Waals surface area contributed by atoms with Gasteiger partial charge >= 0.3 is 0 Å². The smallest absolute Gasteiger partial charge is 0.00910 e. The van der Waals surface area contributed by atoms with E-state index in [0.717, 1.165) is 12.1 Å². The van der Waals surface area contributed by atoms with Crippen LogP contribution in [0.5, 0.6) is 0 Å². The van der Waals surface area contributed by atoms with Crippen molar-refractivity contribution < 1.29 is 0 Å². The maximum absolute atomic E-state index is 3.35. The third kappa shape index (κ3) is 2.17. The normalized spacial score (nSPS) is 34.1. The molecular formula is C9H20N2. The third-order valence-electron chi connectivity index (χ3n) is 2.83. The summed E-state index contributed by atoms with van der Waals surface area (Å²) in [4.78, 5) is 2.55. The molecule has 0 aliphatic carbocycles. The lowest BCUT2D eigenvalue weighted by molar-refractivity contribution is 0.146. The Bertz CT molecular complexity index is 114. The van der Waals surface area contributed by atoms with Crippen LogP contribution in [0, 0.1) is 0 Å². The van der Waals surface area contributed by atoms with Gasteiger partial charge in [-0.25, -0.2) is 0 Å². The summed E-state index contributed by atoms with van der Waals surface area (Å²) in [5.74, 6) is 0. The van der Waals surface area contributed by atoms with E-state index in [2.05, 4.69) is 31.1 Å². The number of rotatable bonds is 2. The molecule has 66 valence electrons. The molecular weight excluding hydrogens is 136 g/mol. The van der Waals surface area contributed by atoms with Gasteiger partial charge in [-0.05, 0) is 39.9 Å². The second-order valence-electron chi connectivity index (χ2n) is 3.49. The summed E-state index contributed by atoms with van der Waals surface area (Å²) in [6.07, 6.45) is 2.62. The number of nitrogens with zero attached hydrogens (tertiary/aromatic N) is 1. The Morgan fingerprint density at radius 1 is 1.55 bits per heavy atom. The van der Waals surface area contributed by atoms with Gasteiger partial charge in [0.25, 0.3) is 0 Å². The van der Waals surface area contributed by atoms with Crippen LogP contribution in [0.25, 0.3) is 0 Å². The van der Waals surface area contributed by atoms with Gasteiger partial charge in [-0.1, -0.05) is 6.92 Å². The predicted octanol–water partition coefficient (Wildman–Crippen LogP) is 1.08. The van der Waals surface area contributed by atoms with Crippen molar-refractivity contribution in [3.8, 4) is 0 Å². The van der Waals surface area contributed by atoms with Crippen LogP contribution in [0.3, 0.4) is 0 Å². The van der Waals surface area contributed by atoms with Crippen LogP contribution in [0.15, 0.2) is 0 Å². The predicted molar refractivity (Wildman–Crippen MR) is 48.8 cm³/mol. The van der Waals surface area contributed by atoms with Gasteiger partial charge in [-0.2, -0.15) is 0 Å². The van der Waals surface area contributed by atoms with Crippen molar-refractivity contribution in [1.82, 2.24) is 10.2 Å². The summed E-state index contributed by atoms with van der Waals surface area (Å²) in [6.45, 7) is 7.05. The molecule has 11 heavy (non-hydrogen) atoms. The second-order valence-corrected chi connectivity index (χ2v) is 3.49. The molecule has 0 aromatic carbocycles. The fraction of sp³-hybridized carbons (Fsp3) is 1.00. The standard InChI is InChI=1S/C9H20N2/c1-4-11-6-5-9(10-3)7-8(11)2/h8-10H,4-7H2,1-3H3/t8-,9-/m1/s1. The molecule has 0 spiro atoms. The van der Waals surface area contributed by atoms with Crippen molar-refractivity contribution in [3.05, 3.63) is 0 Å². The maximum atomic E-state index is 3.35. The van der Waals surface area contributed by atoms with Crippen molar-refractivity contribution in [1.29, 1.82) is 0 Å². The van der Waals surface area contributed by atoms with E-state index in [1.54, 1.807) is 0 Å². The summed E-state index contributed by atoms with van der Waals surface area (Å²) in [6, 6.07) is 1.53. The lowest BCUT2D eigenvalue weighted by Gasteiger charge is -2.36. The van der Waals surface area contributed by atoms with Gasteiger partial charge in [0.15, 0.2) is 0 Å². The molecule has 0 radical (unpaired) electrons. The lowest BCUT2D eigenvalue weighted by Crippen LogP contribution is -2.46. The zero-order chi connectivity index (χ0) is 8.27. The summed E-state index contributed by atoms with van der Waals surface area (Å²) in [5.41, 5.74) is 0. The van der Waals surface area contributed by atoms with E-state index < -0.39 is 0 Å². The first-order valence-electron chi connectivity index (χ1n) is 4.69. The summed E-state index contributed by atoms with van der Waals surface area (Å²) >= 11 is 0. The molecule has 0 bridgehead atoms. The molecule has 0 unspecified atom stereocenters. The van der Waals surface area contributed by atoms with Gasteiger partial charge in [0.1, 0.15) is 0 Å². The molecule has 1 fully saturated rings. The summed E-state index contributed by atoms with van der Waals surface area (Å²) in [7, 11) is 2.07. The number of hydrogen-bond acceptors (Lipinski definition) is 2. The Labute approximate surface area is 70.0 Å². The minimum atomic E-state index is 0.757. The maximum Gasteiger partial charge on any atom is 0.00910 e. The third-order valence-corrected chi connectivity index (χ3v) is 2.83. The summed E-state index contributed by atoms with van der Waals surface area (Å²) in [5, 5.41) is 3.35. The Kier molecular flexibility index (Phi) is 3.34. The van der Waals surface area contributed by atoms with Crippen molar-refractivity contribution in [3.63, 3.8) is 0 Å². The Hall–Kier alpha value is -0.0800. The molecule has 1 aliphatic heterocycles. The van der Waals surface area contributed by atoms with Crippen LogP contribution < -0.4 is 5.32 Å². The first kappa shape index (κ1) is 9.01. The van der Waals surface area contributed by atoms with Gasteiger partial charge in [-0.3, -0.25) is 0 Å². The highest BCUT2D eigenvalue weighted by Gasteiger charge is 2.22. The van der Waals surface area contributed by atoms with Crippen molar-refractivity contribution in [2.75, 3.05) is 20.1 Å². The molecule has 1 aliphatic rings. The highest BCUT2D eigenvalue weighted by Crippen LogP contribution is 2.15. The largest absolute Gasteiger partial charge is 0.317 e. The molecule has 0 saturated carbocycles. The van der Waals surface area contributed by atoms with E-state index in [-0.39, 0.29) is 0 Å². The first-order valence-corrected chi connectivity index (χ1v) is 4.69. The quantitative estimate of drug-likeness (QED) is 0.643. The topological polar surface area (TPSA) is 15.3 Å². The Balaban J connectivity index is 2.34. The van der Waals surface area contributed by atoms with Crippen LogP contribution >= 0.6 is 0 Å². The van der Waals surface area contributed by atoms with Crippen molar-refractivity contribution in [2.45, 2.75) is 38.8 Å². The Morgan fingerprint density at radius 3 is 2.73 bits per heavy atom. The van der Waals surface area contributed by atoms with Crippen LogP contribution in [-0.4, -0.2) is 37.1 Å². The van der Waals surface area contributed by atoms with Gasteiger partial charge in [0, 0.05) is 12.1 Å². The molecule has 1 heterocycles. The molecule has 1 N–H and O–H groups in total. The fourth-order valence-electron chi connectivity index (χ4n) is 1.95. The van der Waals surface area contributed by atoms with Crippen molar-refractivity contribution >= 4 is 0 Å². The van der Waals surface area contributed by atoms with Crippen LogP contribution in [0.2, 0.25) is 0 Å². The molecule has 0 aromatic rings. The average Bonchev–Trinajstić information content (AvgIpc) is 2.04. The van der Waals surface area contributed by atoms with E-state index in [1.165, 1.54) is 25.9 Å². The average molecular weight is 156 g/mol. The highest BCUT2D eigenvalue weighted by molar-refractivity contribution is 4.81. The van der Waals surface area contributed by atoms with Gasteiger partial charge in [0.05, 0.1) is 0 Å². The number of likely N-dealkylation sites (tertiary alicyclic amines) is 1. The molecule has 2 nitrogen and oxygen atoms in total. The monoisotopic (exact) mass is 156 g/mol. The van der Waals surface area contributed by atoms with Crippen molar-refractivity contribution in [2.24, 2.45) is 0 Å². The lowest BCUT2D eigenvalue weighted by atomic mass is 9.99. The van der Waals surface area contributed by atoms with E-state index >= 15 is 0 Å². The minimum absolute atomic E-state index is 0.757. The van der Waals surface area contributed by atoms with Gasteiger partial charge < -0.3 is 10.2 Å². The number of piperidine rings is 1. The van der Waals surface area contributed by atoms with Crippen LogP contribution in [0.4, 0.5) is 0 Å².